The molecule has 3 rings (SSSR count). The molecule has 5 heteroatoms. The molecule has 2 aliphatic rings. The minimum absolute atomic E-state index is 0.181. The SMILES string of the molecule is CN1CC2CCC(C1)N2C(=O)c1ccc(F)c(F)c1. The Bertz CT molecular complexity index is 506. The molecule has 2 atom stereocenters. The van der Waals surface area contributed by atoms with E-state index in [1.807, 2.05) is 11.9 Å². The fourth-order valence-electron chi connectivity index (χ4n) is 3.22. The Balaban J connectivity index is 1.86. The number of halogens is 2. The van der Waals surface area contributed by atoms with Gasteiger partial charge in [0.15, 0.2) is 11.6 Å². The second kappa shape index (κ2) is 4.56. The number of benzene rings is 1. The Morgan fingerprint density at radius 3 is 2.37 bits per heavy atom. The van der Waals surface area contributed by atoms with Crippen LogP contribution in [0.3, 0.4) is 0 Å². The first kappa shape index (κ1) is 12.5. The molecule has 1 amide bonds. The smallest absolute Gasteiger partial charge is 0.254 e. The molecule has 2 saturated heterocycles. The molecule has 2 fully saturated rings. The summed E-state index contributed by atoms with van der Waals surface area (Å²) in [6, 6.07) is 3.77. The van der Waals surface area contributed by atoms with Gasteiger partial charge in [0, 0.05) is 30.7 Å². The maximum Gasteiger partial charge on any atom is 0.254 e. The van der Waals surface area contributed by atoms with E-state index in [9.17, 15) is 13.6 Å². The highest BCUT2D eigenvalue weighted by Crippen LogP contribution is 2.31. The van der Waals surface area contributed by atoms with Crippen molar-refractivity contribution in [1.82, 2.24) is 9.80 Å². The molecular weight excluding hydrogens is 250 g/mol. The monoisotopic (exact) mass is 266 g/mol. The molecule has 2 heterocycles. The van der Waals surface area contributed by atoms with Gasteiger partial charge in [0.2, 0.25) is 0 Å². The predicted octanol–water partition coefficient (Wildman–Crippen LogP) is 1.88. The third-order valence-corrected chi connectivity index (χ3v) is 4.07. The van der Waals surface area contributed by atoms with Crippen molar-refractivity contribution in [2.75, 3.05) is 20.1 Å². The van der Waals surface area contributed by atoms with Crippen molar-refractivity contribution >= 4 is 5.91 Å². The Kier molecular flexibility index (Phi) is 3.01. The zero-order chi connectivity index (χ0) is 13.6. The molecule has 0 spiro atoms. The first-order chi connectivity index (χ1) is 9.06. The van der Waals surface area contributed by atoms with Crippen LogP contribution in [-0.4, -0.2) is 47.9 Å². The molecule has 0 N–H and O–H groups in total. The summed E-state index contributed by atoms with van der Waals surface area (Å²) in [6.45, 7) is 1.71. The molecule has 3 nitrogen and oxygen atoms in total. The number of amides is 1. The molecule has 102 valence electrons. The number of fused-ring (bicyclic) bond motifs is 2. The largest absolute Gasteiger partial charge is 0.330 e. The van der Waals surface area contributed by atoms with E-state index in [0.29, 0.717) is 0 Å². The van der Waals surface area contributed by atoms with E-state index in [0.717, 1.165) is 38.1 Å². The molecule has 0 saturated carbocycles. The van der Waals surface area contributed by atoms with Crippen molar-refractivity contribution in [2.45, 2.75) is 24.9 Å². The van der Waals surface area contributed by atoms with Gasteiger partial charge >= 0.3 is 0 Å². The molecule has 2 bridgehead atoms. The van der Waals surface area contributed by atoms with Crippen molar-refractivity contribution < 1.29 is 13.6 Å². The quantitative estimate of drug-likeness (QED) is 0.775. The van der Waals surface area contributed by atoms with Crippen molar-refractivity contribution in [2.24, 2.45) is 0 Å². The van der Waals surface area contributed by atoms with Gasteiger partial charge in [-0.05, 0) is 38.1 Å². The Labute approximate surface area is 110 Å². The van der Waals surface area contributed by atoms with Crippen LogP contribution in [0.15, 0.2) is 18.2 Å². The van der Waals surface area contributed by atoms with Gasteiger partial charge in [-0.3, -0.25) is 4.79 Å². The first-order valence-corrected chi connectivity index (χ1v) is 6.52. The van der Waals surface area contributed by atoms with E-state index >= 15 is 0 Å². The first-order valence-electron chi connectivity index (χ1n) is 6.52. The number of piperazine rings is 1. The summed E-state index contributed by atoms with van der Waals surface area (Å²) in [5, 5.41) is 0. The van der Waals surface area contributed by atoms with E-state index in [-0.39, 0.29) is 23.6 Å². The highest BCUT2D eigenvalue weighted by atomic mass is 19.2. The van der Waals surface area contributed by atoms with E-state index in [1.165, 1.54) is 6.07 Å². The van der Waals surface area contributed by atoms with Crippen LogP contribution in [-0.2, 0) is 0 Å². The lowest BCUT2D eigenvalue weighted by molar-refractivity contribution is 0.0472. The highest BCUT2D eigenvalue weighted by Gasteiger charge is 2.41. The van der Waals surface area contributed by atoms with E-state index in [2.05, 4.69) is 4.90 Å². The summed E-state index contributed by atoms with van der Waals surface area (Å²) in [7, 11) is 2.05. The second-order valence-electron chi connectivity index (χ2n) is 5.45. The summed E-state index contributed by atoms with van der Waals surface area (Å²) < 4.78 is 26.1. The third-order valence-electron chi connectivity index (χ3n) is 4.07. The van der Waals surface area contributed by atoms with Gasteiger partial charge in [-0.25, -0.2) is 8.78 Å². The van der Waals surface area contributed by atoms with Crippen LogP contribution in [0.1, 0.15) is 23.2 Å². The van der Waals surface area contributed by atoms with Gasteiger partial charge in [-0.2, -0.15) is 0 Å². The zero-order valence-corrected chi connectivity index (χ0v) is 10.8. The van der Waals surface area contributed by atoms with Crippen LogP contribution < -0.4 is 0 Å². The van der Waals surface area contributed by atoms with Gasteiger partial charge in [0.25, 0.3) is 5.91 Å². The summed E-state index contributed by atoms with van der Waals surface area (Å²) in [5.74, 6) is -2.07. The number of nitrogens with zero attached hydrogens (tertiary/aromatic N) is 2. The number of likely N-dealkylation sites (tertiary alicyclic amines) is 1. The van der Waals surface area contributed by atoms with Gasteiger partial charge in [0.05, 0.1) is 0 Å². The van der Waals surface area contributed by atoms with Crippen LogP contribution in [0.5, 0.6) is 0 Å². The number of hydrogen-bond donors (Lipinski definition) is 0. The van der Waals surface area contributed by atoms with Crippen LogP contribution in [0, 0.1) is 11.6 Å². The summed E-state index contributed by atoms with van der Waals surface area (Å²) in [5.41, 5.74) is 0.236. The molecule has 1 aromatic carbocycles. The molecule has 2 unspecified atom stereocenters. The lowest BCUT2D eigenvalue weighted by atomic mass is 10.1. The standard InChI is InChI=1S/C14H16F2N2O/c1-17-7-10-3-4-11(8-17)18(10)14(19)9-2-5-12(15)13(16)6-9/h2,5-6,10-11H,3-4,7-8H2,1H3. The van der Waals surface area contributed by atoms with Gasteiger partial charge < -0.3 is 9.80 Å². The molecule has 0 aliphatic carbocycles. The van der Waals surface area contributed by atoms with E-state index < -0.39 is 11.6 Å². The molecule has 0 aromatic heterocycles. The van der Waals surface area contributed by atoms with Crippen molar-refractivity contribution in [3.8, 4) is 0 Å². The second-order valence-corrected chi connectivity index (χ2v) is 5.45. The predicted molar refractivity (Wildman–Crippen MR) is 66.8 cm³/mol. The minimum atomic E-state index is -0.965. The maximum absolute atomic E-state index is 13.2. The summed E-state index contributed by atoms with van der Waals surface area (Å²) >= 11 is 0. The molecule has 1 aromatic rings. The lowest BCUT2D eigenvalue weighted by Gasteiger charge is -2.39. The maximum atomic E-state index is 13.2. The van der Waals surface area contributed by atoms with Gasteiger partial charge in [-0.1, -0.05) is 0 Å². The van der Waals surface area contributed by atoms with Crippen molar-refractivity contribution in [1.29, 1.82) is 0 Å². The third kappa shape index (κ3) is 2.12. The fourth-order valence-corrected chi connectivity index (χ4v) is 3.22. The Hall–Kier alpha value is -1.49. The molecular formula is C14H16F2N2O. The average molecular weight is 266 g/mol. The zero-order valence-electron chi connectivity index (χ0n) is 10.8. The number of carbonyl (C=O) groups excluding carboxylic acids is 1. The fraction of sp³-hybridized carbons (Fsp3) is 0.500. The topological polar surface area (TPSA) is 23.6 Å². The molecule has 19 heavy (non-hydrogen) atoms. The van der Waals surface area contributed by atoms with Crippen molar-refractivity contribution in [3.05, 3.63) is 35.4 Å². The van der Waals surface area contributed by atoms with Crippen LogP contribution in [0.2, 0.25) is 0 Å². The number of carbonyl (C=O) groups is 1. The Morgan fingerprint density at radius 1 is 1.16 bits per heavy atom. The van der Waals surface area contributed by atoms with Gasteiger partial charge in [0.1, 0.15) is 0 Å². The highest BCUT2D eigenvalue weighted by molar-refractivity contribution is 5.95. The number of rotatable bonds is 1. The minimum Gasteiger partial charge on any atom is -0.330 e. The van der Waals surface area contributed by atoms with Crippen LogP contribution in [0.4, 0.5) is 8.78 Å². The normalized spacial score (nSPS) is 26.8. The van der Waals surface area contributed by atoms with Crippen molar-refractivity contribution in [3.63, 3.8) is 0 Å². The molecule has 2 aliphatic heterocycles. The molecule has 0 radical (unpaired) electrons. The average Bonchev–Trinajstić information content (AvgIpc) is 2.64. The Morgan fingerprint density at radius 2 is 1.79 bits per heavy atom. The number of likely N-dealkylation sites (N-methyl/N-ethyl adjacent to an activating group) is 1. The van der Waals surface area contributed by atoms with E-state index in [4.69, 9.17) is 0 Å². The summed E-state index contributed by atoms with van der Waals surface area (Å²) in [6.07, 6.45) is 1.98. The number of hydrogen-bond acceptors (Lipinski definition) is 2. The van der Waals surface area contributed by atoms with Crippen LogP contribution in [0.25, 0.3) is 0 Å². The van der Waals surface area contributed by atoms with Crippen LogP contribution >= 0.6 is 0 Å². The van der Waals surface area contributed by atoms with Gasteiger partial charge in [-0.15, -0.1) is 0 Å². The lowest BCUT2D eigenvalue weighted by Crippen LogP contribution is -2.54. The van der Waals surface area contributed by atoms with E-state index in [1.54, 1.807) is 0 Å². The summed E-state index contributed by atoms with van der Waals surface area (Å²) in [4.78, 5) is 16.5.